The van der Waals surface area contributed by atoms with E-state index in [-0.39, 0.29) is 11.8 Å². The number of ether oxygens (including phenoxy) is 2. The van der Waals surface area contributed by atoms with E-state index in [9.17, 15) is 9.59 Å². The van der Waals surface area contributed by atoms with Gasteiger partial charge in [0.05, 0.1) is 12.3 Å². The number of fused-ring (bicyclic) bond motifs is 3. The maximum absolute atomic E-state index is 13.4. The van der Waals surface area contributed by atoms with Gasteiger partial charge in [-0.1, -0.05) is 73.3 Å². The van der Waals surface area contributed by atoms with Gasteiger partial charge < -0.3 is 14.8 Å². The molecule has 8 nitrogen and oxygen atoms in total. The molecule has 2 aliphatic rings. The van der Waals surface area contributed by atoms with E-state index in [1.807, 2.05) is 92.9 Å². The Balaban J connectivity index is 1.61. The number of carbonyl (C=O) groups excluding carboxylic acids is 2. The van der Waals surface area contributed by atoms with E-state index in [2.05, 4.69) is 5.32 Å². The first-order valence-corrected chi connectivity index (χ1v) is 13.8. The molecule has 0 aliphatic carbocycles. The summed E-state index contributed by atoms with van der Waals surface area (Å²) in [4.78, 5) is 28.5. The molecule has 0 fully saturated rings. The largest absolute Gasteiger partial charge is 0.490 e. The van der Waals surface area contributed by atoms with Crippen molar-refractivity contribution in [2.75, 3.05) is 17.8 Å². The molecule has 2 heterocycles. The van der Waals surface area contributed by atoms with Crippen LogP contribution < -0.4 is 19.7 Å². The summed E-state index contributed by atoms with van der Waals surface area (Å²) in [6.45, 7) is 4.59. The number of nitrogens with zero attached hydrogens (tertiary/aromatic N) is 3. The predicted molar refractivity (Wildman–Crippen MR) is 149 cm³/mol. The lowest BCUT2D eigenvalue weighted by Gasteiger charge is -2.48. The zero-order chi connectivity index (χ0) is 26.6. The number of hydrazone groups is 1. The van der Waals surface area contributed by atoms with E-state index in [4.69, 9.17) is 14.6 Å². The molecule has 0 saturated carbocycles. The minimum absolute atomic E-state index is 0.0739. The number of hydrogen-bond donors (Lipinski definition) is 1. The first-order valence-electron chi connectivity index (χ1n) is 12.6. The van der Waals surface area contributed by atoms with Gasteiger partial charge in [0.1, 0.15) is 6.61 Å². The van der Waals surface area contributed by atoms with Gasteiger partial charge in [0.25, 0.3) is 5.91 Å². The van der Waals surface area contributed by atoms with Gasteiger partial charge >= 0.3 is 0 Å². The molecule has 0 aromatic heterocycles. The molecule has 0 spiro atoms. The van der Waals surface area contributed by atoms with Crippen molar-refractivity contribution in [3.05, 3.63) is 89.5 Å². The van der Waals surface area contributed by atoms with Gasteiger partial charge in [-0.2, -0.15) is 0 Å². The van der Waals surface area contributed by atoms with Gasteiger partial charge in [-0.15, -0.1) is 5.10 Å². The lowest BCUT2D eigenvalue weighted by Crippen LogP contribution is -2.55. The average molecular weight is 531 g/mol. The summed E-state index contributed by atoms with van der Waals surface area (Å²) in [5.41, 5.74) is 3.25. The highest BCUT2D eigenvalue weighted by Crippen LogP contribution is 2.48. The van der Waals surface area contributed by atoms with E-state index in [0.29, 0.717) is 42.0 Å². The van der Waals surface area contributed by atoms with E-state index in [1.165, 1.54) is 11.8 Å². The maximum atomic E-state index is 13.4. The SMILES string of the molecule is CCOc1cc([C@@H]2N(C(=O)CC)c3ccccc3[C@H]3C(=O)NC(SC)=NN32)ccc1OCc1ccccc1. The third kappa shape index (κ3) is 4.81. The first kappa shape index (κ1) is 25.7. The second-order valence-electron chi connectivity index (χ2n) is 8.84. The molecule has 2 amide bonds. The molecule has 3 aromatic carbocycles. The fourth-order valence-electron chi connectivity index (χ4n) is 4.79. The van der Waals surface area contributed by atoms with E-state index < -0.39 is 12.2 Å². The normalized spacial score (nSPS) is 18.2. The molecule has 0 saturated heterocycles. The Bertz CT molecular complexity index is 1360. The van der Waals surface area contributed by atoms with E-state index in [0.717, 1.165) is 16.7 Å². The highest BCUT2D eigenvalue weighted by atomic mass is 32.2. The Morgan fingerprint density at radius 3 is 2.50 bits per heavy atom. The number of rotatable bonds is 7. The molecule has 5 rings (SSSR count). The summed E-state index contributed by atoms with van der Waals surface area (Å²) >= 11 is 1.35. The van der Waals surface area contributed by atoms with Crippen LogP contribution in [0.25, 0.3) is 0 Å². The number of benzene rings is 3. The number of para-hydroxylation sites is 1. The molecule has 0 radical (unpaired) electrons. The summed E-state index contributed by atoms with van der Waals surface area (Å²) in [6.07, 6.45) is 1.50. The van der Waals surface area contributed by atoms with Gasteiger partial charge in [0.2, 0.25) is 5.91 Å². The van der Waals surface area contributed by atoms with E-state index >= 15 is 0 Å². The Kier molecular flexibility index (Phi) is 7.55. The topological polar surface area (TPSA) is 83.5 Å². The van der Waals surface area contributed by atoms with Crippen molar-refractivity contribution < 1.29 is 19.1 Å². The second kappa shape index (κ2) is 11.2. The third-order valence-corrected chi connectivity index (χ3v) is 7.07. The molecule has 196 valence electrons. The lowest BCUT2D eigenvalue weighted by molar-refractivity contribution is -0.130. The van der Waals surface area contributed by atoms with Gasteiger partial charge in [-0.3, -0.25) is 19.5 Å². The molecular weight excluding hydrogens is 500 g/mol. The molecule has 3 aromatic rings. The number of anilines is 1. The van der Waals surface area contributed by atoms with Gasteiger partial charge in [-0.25, -0.2) is 0 Å². The highest BCUT2D eigenvalue weighted by Gasteiger charge is 2.47. The number of carbonyl (C=O) groups is 2. The molecule has 1 N–H and O–H groups in total. The fraction of sp³-hybridized carbons (Fsp3) is 0.276. The van der Waals surface area contributed by atoms with Crippen molar-refractivity contribution in [2.24, 2.45) is 5.10 Å². The first-order chi connectivity index (χ1) is 18.5. The van der Waals surface area contributed by atoms with Crippen LogP contribution in [-0.4, -0.2) is 34.9 Å². The molecular formula is C29H30N4O4S. The van der Waals surface area contributed by atoms with Crippen LogP contribution in [0, 0.1) is 0 Å². The summed E-state index contributed by atoms with van der Waals surface area (Å²) in [7, 11) is 0. The van der Waals surface area contributed by atoms with Crippen LogP contribution in [-0.2, 0) is 16.2 Å². The molecule has 9 heteroatoms. The fourth-order valence-corrected chi connectivity index (χ4v) is 5.17. The van der Waals surface area contributed by atoms with Crippen molar-refractivity contribution in [1.82, 2.24) is 10.3 Å². The van der Waals surface area contributed by atoms with Crippen molar-refractivity contribution in [1.29, 1.82) is 0 Å². The quantitative estimate of drug-likeness (QED) is 0.451. The standard InChI is InChI=1S/C29H30N4O4S/c1-4-25(34)32-22-14-10-9-13-21(22)26-27(35)30-29(38-3)31-33(26)28(32)20-15-16-23(24(17-20)36-5-2)37-18-19-11-7-6-8-12-19/h6-17,26,28H,4-5,18H2,1-3H3,(H,30,31,35)/t26-,28+/m0/s1. The van der Waals surface area contributed by atoms with Crippen molar-refractivity contribution in [3.63, 3.8) is 0 Å². The number of hydrogen-bond acceptors (Lipinski definition) is 7. The zero-order valence-electron chi connectivity index (χ0n) is 21.6. The highest BCUT2D eigenvalue weighted by molar-refractivity contribution is 8.13. The Morgan fingerprint density at radius 2 is 1.76 bits per heavy atom. The third-order valence-electron chi connectivity index (χ3n) is 6.50. The van der Waals surface area contributed by atoms with Crippen LogP contribution in [0.5, 0.6) is 11.5 Å². The summed E-state index contributed by atoms with van der Waals surface area (Å²) in [5, 5.41) is 9.89. The minimum Gasteiger partial charge on any atom is -0.490 e. The summed E-state index contributed by atoms with van der Waals surface area (Å²) in [5.74, 6) is 0.912. The summed E-state index contributed by atoms with van der Waals surface area (Å²) < 4.78 is 12.1. The molecule has 38 heavy (non-hydrogen) atoms. The molecule has 2 aliphatic heterocycles. The van der Waals surface area contributed by atoms with Gasteiger partial charge in [0, 0.05) is 17.5 Å². The Hall–Kier alpha value is -3.98. The van der Waals surface area contributed by atoms with Crippen molar-refractivity contribution in [3.8, 4) is 11.5 Å². The number of thioether (sulfide) groups is 1. The molecule has 0 unspecified atom stereocenters. The van der Waals surface area contributed by atoms with Crippen molar-refractivity contribution >= 4 is 34.4 Å². The van der Waals surface area contributed by atoms with Crippen LogP contribution in [0.3, 0.4) is 0 Å². The van der Waals surface area contributed by atoms with Gasteiger partial charge in [0.15, 0.2) is 28.9 Å². The lowest BCUT2D eigenvalue weighted by atomic mass is 9.95. The smallest absolute Gasteiger partial charge is 0.255 e. The van der Waals surface area contributed by atoms with Crippen LogP contribution in [0.2, 0.25) is 0 Å². The molecule has 0 bridgehead atoms. The maximum Gasteiger partial charge on any atom is 0.255 e. The monoisotopic (exact) mass is 530 g/mol. The number of amidine groups is 1. The molecule has 2 atom stereocenters. The van der Waals surface area contributed by atoms with E-state index in [1.54, 1.807) is 9.91 Å². The van der Waals surface area contributed by atoms with Crippen LogP contribution in [0.4, 0.5) is 5.69 Å². The predicted octanol–water partition coefficient (Wildman–Crippen LogP) is 5.23. The van der Waals surface area contributed by atoms with Crippen LogP contribution in [0.1, 0.15) is 49.2 Å². The number of amides is 2. The van der Waals surface area contributed by atoms with Gasteiger partial charge in [-0.05, 0) is 36.9 Å². The van der Waals surface area contributed by atoms with Crippen molar-refractivity contribution in [2.45, 2.75) is 39.1 Å². The Labute approximate surface area is 226 Å². The van der Waals surface area contributed by atoms with Crippen LogP contribution >= 0.6 is 11.8 Å². The summed E-state index contributed by atoms with van der Waals surface area (Å²) in [6, 6.07) is 22.4. The minimum atomic E-state index is -0.683. The second-order valence-corrected chi connectivity index (χ2v) is 9.64. The number of nitrogens with one attached hydrogen (secondary N) is 1. The zero-order valence-corrected chi connectivity index (χ0v) is 22.4. The Morgan fingerprint density at radius 1 is 1.00 bits per heavy atom. The average Bonchev–Trinajstić information content (AvgIpc) is 2.95. The van der Waals surface area contributed by atoms with Crippen LogP contribution in [0.15, 0.2) is 77.9 Å².